The normalized spacial score (nSPS) is 26.6. The second kappa shape index (κ2) is 12.0. The summed E-state index contributed by atoms with van der Waals surface area (Å²) in [6.45, 7) is 7.58. The molecular weight excluding hydrogens is 654 g/mol. The summed E-state index contributed by atoms with van der Waals surface area (Å²) in [5, 5.41) is 10.9. The number of aromatic nitrogens is 4. The van der Waals surface area contributed by atoms with E-state index in [4.69, 9.17) is 0 Å². The number of carbonyl (C=O) groups is 3. The van der Waals surface area contributed by atoms with Crippen LogP contribution in [0.3, 0.4) is 0 Å². The molecule has 11 nitrogen and oxygen atoms in total. The second-order valence-corrected chi connectivity index (χ2v) is 15.5. The Morgan fingerprint density at radius 2 is 1.80 bits per heavy atom. The largest absolute Gasteiger partial charge is 0.357 e. The van der Waals surface area contributed by atoms with E-state index in [0.717, 1.165) is 84.8 Å². The van der Waals surface area contributed by atoms with E-state index >= 15 is 0 Å². The fraction of sp³-hybridized carbons (Fsp3) is 0.500. The van der Waals surface area contributed by atoms with Gasteiger partial charge >= 0.3 is 0 Å². The quantitative estimate of drug-likeness (QED) is 0.253. The van der Waals surface area contributed by atoms with E-state index in [9.17, 15) is 23.2 Å². The third kappa shape index (κ3) is 5.51. The number of anilines is 1. The lowest BCUT2D eigenvalue weighted by molar-refractivity contribution is -0.134. The van der Waals surface area contributed by atoms with E-state index in [1.165, 1.54) is 0 Å². The van der Waals surface area contributed by atoms with Gasteiger partial charge < -0.3 is 14.8 Å². The molecule has 6 heterocycles. The highest BCUT2D eigenvalue weighted by molar-refractivity contribution is 6.01. The lowest BCUT2D eigenvalue weighted by Gasteiger charge is -2.39. The molecule has 9 rings (SSSR count). The number of rotatable bonds is 6. The van der Waals surface area contributed by atoms with Gasteiger partial charge in [0.2, 0.25) is 11.8 Å². The van der Waals surface area contributed by atoms with Crippen molar-refractivity contribution >= 4 is 34.4 Å². The number of piperazine rings is 1. The van der Waals surface area contributed by atoms with Crippen molar-refractivity contribution in [3.05, 3.63) is 65.0 Å². The van der Waals surface area contributed by atoms with Crippen molar-refractivity contribution in [3.63, 3.8) is 0 Å². The first-order valence-electron chi connectivity index (χ1n) is 18.2. The fourth-order valence-corrected chi connectivity index (χ4v) is 9.05. The van der Waals surface area contributed by atoms with Crippen molar-refractivity contribution in [2.45, 2.75) is 57.3 Å². The minimum absolute atomic E-state index is 0.0181. The number of H-pyrrole nitrogens is 2. The third-order valence-corrected chi connectivity index (χ3v) is 12.4. The molecule has 1 aromatic carbocycles. The Balaban J connectivity index is 0.767. The maximum Gasteiger partial charge on any atom is 0.258 e. The molecule has 266 valence electrons. The van der Waals surface area contributed by atoms with Gasteiger partial charge in [0.25, 0.3) is 11.8 Å². The number of benzene rings is 1. The highest BCUT2D eigenvalue weighted by Crippen LogP contribution is 2.70. The zero-order valence-corrected chi connectivity index (χ0v) is 28.7. The van der Waals surface area contributed by atoms with Crippen LogP contribution in [0.4, 0.5) is 14.6 Å². The summed E-state index contributed by atoms with van der Waals surface area (Å²) in [7, 11) is 0. The molecule has 3 saturated heterocycles. The highest BCUT2D eigenvalue weighted by Gasteiger charge is 2.78. The molecule has 3 atom stereocenters. The van der Waals surface area contributed by atoms with Crippen molar-refractivity contribution in [2.75, 3.05) is 50.7 Å². The highest BCUT2D eigenvalue weighted by atomic mass is 19.3. The average molecular weight is 697 g/mol. The topological polar surface area (TPSA) is 130 Å². The number of hydrogen-bond acceptors (Lipinski definition) is 7. The minimum atomic E-state index is -2.64. The molecule has 3 aromatic heterocycles. The zero-order chi connectivity index (χ0) is 35.1. The number of amides is 3. The van der Waals surface area contributed by atoms with Crippen molar-refractivity contribution in [1.29, 1.82) is 0 Å². The molecule has 4 fully saturated rings. The van der Waals surface area contributed by atoms with Gasteiger partial charge in [-0.3, -0.25) is 29.7 Å². The Morgan fingerprint density at radius 1 is 1.00 bits per heavy atom. The molecule has 1 saturated carbocycles. The Labute approximate surface area is 294 Å². The monoisotopic (exact) mass is 696 g/mol. The van der Waals surface area contributed by atoms with Crippen LogP contribution in [-0.4, -0.2) is 99.4 Å². The number of imide groups is 1. The summed E-state index contributed by atoms with van der Waals surface area (Å²) >= 11 is 0. The smallest absolute Gasteiger partial charge is 0.258 e. The maximum absolute atomic E-state index is 14.5. The van der Waals surface area contributed by atoms with Crippen molar-refractivity contribution in [2.24, 2.45) is 17.3 Å². The van der Waals surface area contributed by atoms with Crippen LogP contribution < -0.4 is 10.2 Å². The number of nitrogens with zero attached hydrogens (tertiary/aromatic N) is 5. The Morgan fingerprint density at radius 3 is 2.55 bits per heavy atom. The Hall–Kier alpha value is -4.65. The second-order valence-electron chi connectivity index (χ2n) is 15.5. The molecule has 0 spiro atoms. The summed E-state index contributed by atoms with van der Waals surface area (Å²) in [5.74, 6) is -2.53. The molecule has 1 unspecified atom stereocenters. The number of fused-ring (bicyclic) bond motifs is 3. The van der Waals surface area contributed by atoms with Crippen LogP contribution in [0.15, 0.2) is 42.6 Å². The van der Waals surface area contributed by atoms with Gasteiger partial charge in [-0.25, -0.2) is 13.8 Å². The van der Waals surface area contributed by atoms with Crippen molar-refractivity contribution in [3.8, 4) is 11.4 Å². The van der Waals surface area contributed by atoms with Crippen LogP contribution in [0.2, 0.25) is 0 Å². The maximum atomic E-state index is 14.5. The Kier molecular flexibility index (Phi) is 7.57. The number of alkyl halides is 2. The van der Waals surface area contributed by atoms with E-state index in [1.807, 2.05) is 41.3 Å². The van der Waals surface area contributed by atoms with E-state index in [-0.39, 0.29) is 23.6 Å². The van der Waals surface area contributed by atoms with Gasteiger partial charge in [-0.05, 0) is 61.4 Å². The van der Waals surface area contributed by atoms with Crippen LogP contribution in [0, 0.1) is 17.3 Å². The summed E-state index contributed by atoms with van der Waals surface area (Å²) in [4.78, 5) is 52.1. The first kappa shape index (κ1) is 32.3. The number of piperidine rings is 2. The molecule has 3 N–H and O–H groups in total. The zero-order valence-electron chi connectivity index (χ0n) is 28.7. The molecule has 5 aliphatic rings. The lowest BCUT2D eigenvalue weighted by atomic mass is 9.87. The first-order chi connectivity index (χ1) is 24.6. The SMILES string of the molecule is C[C@@]12Cc3[nH]nc(-c4cc5ccc(C(=O)N6CCN(CC7CCN(c8ccc(C9CCC(=O)NC9=O)cn8)CC7)CC6)cc5[nH]4)c3C[C@@H]1C2(F)F. The number of carbonyl (C=O) groups excluding carboxylic acids is 3. The number of aromatic amines is 2. The van der Waals surface area contributed by atoms with Crippen LogP contribution in [0.25, 0.3) is 22.3 Å². The molecule has 51 heavy (non-hydrogen) atoms. The summed E-state index contributed by atoms with van der Waals surface area (Å²) in [6, 6.07) is 11.6. The van der Waals surface area contributed by atoms with Crippen molar-refractivity contribution in [1.82, 2.24) is 35.3 Å². The van der Waals surface area contributed by atoms with Gasteiger partial charge in [0.05, 0.1) is 11.6 Å². The van der Waals surface area contributed by atoms with Gasteiger partial charge in [-0.1, -0.05) is 19.1 Å². The van der Waals surface area contributed by atoms with Gasteiger partial charge in [-0.2, -0.15) is 5.10 Å². The number of pyridine rings is 1. The predicted octanol–water partition coefficient (Wildman–Crippen LogP) is 4.52. The van der Waals surface area contributed by atoms with Crippen molar-refractivity contribution < 1.29 is 23.2 Å². The number of halogens is 2. The van der Waals surface area contributed by atoms with Crippen LogP contribution >= 0.6 is 0 Å². The molecule has 13 heteroatoms. The first-order valence-corrected chi connectivity index (χ1v) is 18.2. The van der Waals surface area contributed by atoms with Gasteiger partial charge in [-0.15, -0.1) is 0 Å². The third-order valence-electron chi connectivity index (χ3n) is 12.4. The van der Waals surface area contributed by atoms with Gasteiger partial charge in [0.1, 0.15) is 11.5 Å². The average Bonchev–Trinajstić information content (AvgIpc) is 3.52. The fourth-order valence-electron chi connectivity index (χ4n) is 9.05. The molecule has 3 amide bonds. The lowest BCUT2D eigenvalue weighted by Crippen LogP contribution is -2.50. The molecule has 0 radical (unpaired) electrons. The van der Waals surface area contributed by atoms with Gasteiger partial charge in [0.15, 0.2) is 0 Å². The predicted molar refractivity (Wildman–Crippen MR) is 186 cm³/mol. The number of nitrogens with one attached hydrogen (secondary N) is 3. The molecule has 4 aromatic rings. The van der Waals surface area contributed by atoms with E-state index < -0.39 is 17.3 Å². The summed E-state index contributed by atoms with van der Waals surface area (Å²) in [6.07, 6.45) is 5.42. The molecular formula is C38H42F2N8O3. The minimum Gasteiger partial charge on any atom is -0.357 e. The van der Waals surface area contributed by atoms with Crippen LogP contribution in [-0.2, 0) is 22.4 Å². The van der Waals surface area contributed by atoms with Crippen LogP contribution in [0.1, 0.15) is 65.7 Å². The van der Waals surface area contributed by atoms with E-state index in [1.54, 1.807) is 13.1 Å². The van der Waals surface area contributed by atoms with E-state index in [0.29, 0.717) is 55.9 Å². The van der Waals surface area contributed by atoms with Crippen LogP contribution in [0.5, 0.6) is 0 Å². The van der Waals surface area contributed by atoms with Gasteiger partial charge in [0, 0.05) is 104 Å². The molecule has 0 bridgehead atoms. The molecule has 3 aliphatic heterocycles. The number of hydrogen-bond donors (Lipinski definition) is 3. The summed E-state index contributed by atoms with van der Waals surface area (Å²) < 4.78 is 28.9. The Bertz CT molecular complexity index is 2030. The van der Waals surface area contributed by atoms with E-state index in [2.05, 4.69) is 35.3 Å². The summed E-state index contributed by atoms with van der Waals surface area (Å²) in [5.41, 5.74) is 4.48. The standard InChI is InChI=1S/C38H42F2N8O3/c1-37-19-30-27(18-31(37)38(37,39)40)34(45-44-30)29-16-23-2-3-24(17-28(23)42-29)36(51)48-14-12-46(13-15-48)21-22-8-10-47(11-9-22)32-6-4-25(20-41-32)26-5-7-33(49)43-35(26)50/h2-4,6,16-17,20,22,26,31,42H,5,7-15,18-19,21H2,1H3,(H,44,45)(H,43,49,50)/t26?,31-,37+/m0/s1. The molecule has 2 aliphatic carbocycles.